The molecule has 4 N–H and O–H groups in total. The van der Waals surface area contributed by atoms with Crippen LogP contribution in [-0.4, -0.2) is 216 Å². The lowest BCUT2D eigenvalue weighted by Gasteiger charge is -2.40. The van der Waals surface area contributed by atoms with Gasteiger partial charge in [0.05, 0.1) is 31.1 Å². The van der Waals surface area contributed by atoms with Crippen molar-refractivity contribution in [1.82, 2.24) is 55.6 Å². The van der Waals surface area contributed by atoms with Crippen molar-refractivity contribution >= 4 is 76.6 Å². The predicted molar refractivity (Wildman–Crippen MR) is 350 cm³/mol. The summed E-state index contributed by atoms with van der Waals surface area (Å²) in [4.78, 5) is 170. The summed E-state index contributed by atoms with van der Waals surface area (Å²) in [6.07, 6.45) is -1.42. The highest BCUT2D eigenvalue weighted by molar-refractivity contribution is 6.30. The number of halogens is 4. The Morgan fingerprint density at radius 2 is 1.12 bits per heavy atom. The largest absolute Gasteiger partial charge is 0.416 e. The van der Waals surface area contributed by atoms with Crippen LogP contribution in [0, 0.1) is 29.6 Å². The van der Waals surface area contributed by atoms with Gasteiger partial charge in [0.25, 0.3) is 0 Å². The average molecular weight is 1340 g/mol. The molecule has 0 unspecified atom stereocenters. The quantitative estimate of drug-likeness (QED) is 0.200. The van der Waals surface area contributed by atoms with Crippen LogP contribution in [0.5, 0.6) is 0 Å². The summed E-state index contributed by atoms with van der Waals surface area (Å²) in [7, 11) is 9.81. The Morgan fingerprint density at radius 3 is 1.67 bits per heavy atom. The van der Waals surface area contributed by atoms with Gasteiger partial charge in [-0.3, -0.25) is 52.7 Å². The molecule has 5 rings (SSSR count). The first-order chi connectivity index (χ1) is 43.9. The zero-order valence-electron chi connectivity index (χ0n) is 57.5. The molecule has 0 aromatic heterocycles. The fourth-order valence-corrected chi connectivity index (χ4v) is 13.1. The smallest absolute Gasteiger partial charge is 0.351 e. The molecule has 1 spiro atoms. The van der Waals surface area contributed by atoms with Gasteiger partial charge in [0.1, 0.15) is 41.8 Å². The van der Waals surface area contributed by atoms with Crippen LogP contribution in [0.15, 0.2) is 48.5 Å². The minimum absolute atomic E-state index is 0.0304. The van der Waals surface area contributed by atoms with Gasteiger partial charge in [-0.15, -0.1) is 0 Å². The first-order valence-corrected chi connectivity index (χ1v) is 33.2. The van der Waals surface area contributed by atoms with Crippen molar-refractivity contribution in [3.63, 3.8) is 0 Å². The second kappa shape index (κ2) is 33.9. The Kier molecular flexibility index (Phi) is 27.9. The van der Waals surface area contributed by atoms with Crippen molar-refractivity contribution in [2.45, 2.75) is 193 Å². The molecule has 1 heterocycles. The number of nitrogens with one attached hydrogen (secondary N) is 4. The predicted octanol–water partition coefficient (Wildman–Crippen LogP) is 5.71. The maximum atomic E-state index is 15.3. The van der Waals surface area contributed by atoms with Crippen LogP contribution in [0.1, 0.15) is 143 Å². The summed E-state index contributed by atoms with van der Waals surface area (Å²) in [5, 5.41) is 12.2. The van der Waals surface area contributed by atoms with Gasteiger partial charge in [0, 0.05) is 66.8 Å². The van der Waals surface area contributed by atoms with Crippen LogP contribution in [-0.2, 0) is 71.8 Å². The van der Waals surface area contributed by atoms with E-state index in [-0.39, 0.29) is 56.8 Å². The first kappa shape index (κ1) is 77.4. The number of carbonyl (C=O) groups is 11. The van der Waals surface area contributed by atoms with E-state index in [2.05, 4.69) is 21.3 Å². The molecule has 94 heavy (non-hydrogen) atoms. The number of alkyl halides is 3. The molecule has 22 nitrogen and oxygen atoms in total. The summed E-state index contributed by atoms with van der Waals surface area (Å²) in [6, 6.07) is 2.78. The maximum absolute atomic E-state index is 15.3. The van der Waals surface area contributed by atoms with E-state index in [4.69, 9.17) is 11.6 Å². The Bertz CT molecular complexity index is 3020. The van der Waals surface area contributed by atoms with E-state index >= 15 is 14.4 Å². The Balaban J connectivity index is 1.60. The second-order valence-electron chi connectivity index (χ2n) is 27.4. The Labute approximate surface area is 557 Å². The summed E-state index contributed by atoms with van der Waals surface area (Å²) >= 11 is 6.22. The van der Waals surface area contributed by atoms with Crippen LogP contribution in [0.25, 0.3) is 0 Å². The molecule has 0 radical (unpaired) electrons. The van der Waals surface area contributed by atoms with Crippen molar-refractivity contribution in [3.8, 4) is 0 Å². The molecule has 2 aromatic rings. The maximum Gasteiger partial charge on any atom is 0.416 e. The molecule has 26 heteroatoms. The number of amides is 11. The second-order valence-corrected chi connectivity index (χ2v) is 27.9. The van der Waals surface area contributed by atoms with Crippen molar-refractivity contribution < 1.29 is 65.9 Å². The van der Waals surface area contributed by atoms with E-state index in [1.807, 2.05) is 34.6 Å². The number of carbonyl (C=O) groups excluding carboxylic acids is 11. The number of likely N-dealkylation sites (N-methyl/N-ethyl adjacent to an activating group) is 7. The lowest BCUT2D eigenvalue weighted by atomic mass is 9.91. The molecule has 2 aliphatic carbocycles. The first-order valence-electron chi connectivity index (χ1n) is 32.9. The SMILES string of the molecule is CC[C@H](C)[C@@H]1NC(=O)[C@H](C(C)C)N(C)C(=O)[C@@H]2CCC[C@H]2NC(=O)[C@H](CC(C)C)N(C)C(=O)C2(CCCC2)NC(=O)[C@H](CC(C)C)N(C)C(=O)[C@H](CCc2ccc(C(F)(F)F)cc2)NC(=O)CN(C)C(=O)[C@H](Cc2ccc(Cl)cc2)N(C)C(=O)CN(C)C(=O)CN(C)C1=O. The molecule has 1 aliphatic heterocycles. The normalized spacial score (nSPS) is 25.3. The number of hydrogen-bond donors (Lipinski definition) is 4. The molecule has 2 aromatic carbocycles. The average Bonchev–Trinajstić information content (AvgIpc) is 1.48. The molecular weight excluding hydrogens is 1240 g/mol. The third-order valence-electron chi connectivity index (χ3n) is 18.9. The van der Waals surface area contributed by atoms with Gasteiger partial charge >= 0.3 is 6.18 Å². The minimum atomic E-state index is -4.63. The fourth-order valence-electron chi connectivity index (χ4n) is 13.0. The number of benzene rings is 2. The van der Waals surface area contributed by atoms with Gasteiger partial charge in [0.2, 0.25) is 65.0 Å². The monoisotopic (exact) mass is 1340 g/mol. The molecule has 2 saturated carbocycles. The van der Waals surface area contributed by atoms with Crippen LogP contribution in [0.3, 0.4) is 0 Å². The summed E-state index contributed by atoms with van der Waals surface area (Å²) in [6.45, 7) is 12.8. The van der Waals surface area contributed by atoms with Crippen molar-refractivity contribution in [2.75, 3.05) is 69.0 Å². The van der Waals surface area contributed by atoms with E-state index in [1.165, 1.54) is 76.2 Å². The number of hydrogen-bond acceptors (Lipinski definition) is 11. The van der Waals surface area contributed by atoms with Crippen LogP contribution >= 0.6 is 11.6 Å². The highest BCUT2D eigenvalue weighted by Crippen LogP contribution is 2.35. The molecule has 9 atom stereocenters. The number of nitrogens with zero attached hydrogens (tertiary/aromatic N) is 7. The summed E-state index contributed by atoms with van der Waals surface area (Å²) in [5.41, 5.74) is -1.47. The lowest BCUT2D eigenvalue weighted by molar-refractivity contribution is -0.150. The van der Waals surface area contributed by atoms with Gasteiger partial charge < -0.3 is 55.6 Å². The van der Waals surface area contributed by atoms with Crippen molar-refractivity contribution in [3.05, 3.63) is 70.2 Å². The molecule has 0 bridgehead atoms. The van der Waals surface area contributed by atoms with Gasteiger partial charge in [-0.1, -0.05) is 117 Å². The molecule has 1 saturated heterocycles. The van der Waals surface area contributed by atoms with Crippen LogP contribution < -0.4 is 21.3 Å². The van der Waals surface area contributed by atoms with Gasteiger partial charge in [0.15, 0.2) is 0 Å². The summed E-state index contributed by atoms with van der Waals surface area (Å²) in [5.74, 6) is -9.15. The Hall–Kier alpha value is -7.31. The topological polar surface area (TPSA) is 259 Å². The number of aryl methyl sites for hydroxylation is 1. The van der Waals surface area contributed by atoms with Crippen molar-refractivity contribution in [2.24, 2.45) is 29.6 Å². The fraction of sp³-hybridized carbons (Fsp3) is 0.662. The van der Waals surface area contributed by atoms with E-state index in [1.54, 1.807) is 45.0 Å². The van der Waals surface area contributed by atoms with E-state index in [0.29, 0.717) is 54.7 Å². The van der Waals surface area contributed by atoms with Crippen LogP contribution in [0.2, 0.25) is 5.02 Å². The van der Waals surface area contributed by atoms with Crippen LogP contribution in [0.4, 0.5) is 13.2 Å². The highest BCUT2D eigenvalue weighted by atomic mass is 35.5. The van der Waals surface area contributed by atoms with Gasteiger partial charge in [-0.2, -0.15) is 13.2 Å². The highest BCUT2D eigenvalue weighted by Gasteiger charge is 2.49. The minimum Gasteiger partial charge on any atom is -0.351 e. The summed E-state index contributed by atoms with van der Waals surface area (Å²) < 4.78 is 41.0. The molecule has 11 amide bonds. The third kappa shape index (κ3) is 20.1. The third-order valence-corrected chi connectivity index (χ3v) is 19.1. The number of fused-ring (bicyclic) bond motifs is 1. The van der Waals surface area contributed by atoms with Gasteiger partial charge in [-0.05, 0) is 110 Å². The molecule has 522 valence electrons. The zero-order chi connectivity index (χ0) is 70.4. The standard InChI is InChI=1S/C68H101ClF3N11O11/c1-16-43(8)57-65(93)79(11)38-55(85)77(9)39-56(86)80(12)53(36-45-24-29-47(69)30-25-45)64(92)78(10)37-54(84)73-50(31-26-44-22-27-46(28-23-44)68(70,71)72)63(91)81(13)52(35-41(4)5)60(88)76-67(32-17-18-33-67)66(94)82(14)51(34-40(2)3)59(87)74-49-21-19-20-48(49)62(90)83(15)58(42(6)7)61(89)75-57/h22-25,27-30,40-43,48-53,57-58H,16-21,26,31-39H2,1-15H3,(H,73,84)(H,74,87)(H,75,89)(H,76,88)/t43-,48+,49+,50-,51-,52-,53-,57-,58-/m0/s1. The number of rotatable bonds is 12. The van der Waals surface area contributed by atoms with Gasteiger partial charge in [-0.25, -0.2) is 0 Å². The van der Waals surface area contributed by atoms with Crippen molar-refractivity contribution in [1.29, 1.82) is 0 Å². The lowest BCUT2D eigenvalue weighted by Crippen LogP contribution is -2.64. The molecule has 3 aliphatic rings. The zero-order valence-corrected chi connectivity index (χ0v) is 58.2. The Morgan fingerprint density at radius 1 is 0.564 bits per heavy atom. The van der Waals surface area contributed by atoms with E-state index in [0.717, 1.165) is 31.7 Å². The van der Waals surface area contributed by atoms with E-state index < -0.39 is 162 Å². The van der Waals surface area contributed by atoms with E-state index in [9.17, 15) is 51.5 Å². The molecule has 3 fully saturated rings. The molecular formula is C68H101ClF3N11O11.